The minimum Gasteiger partial charge on any atom is -0.508 e. The van der Waals surface area contributed by atoms with Crippen molar-refractivity contribution < 1.29 is 39.3 Å². The van der Waals surface area contributed by atoms with E-state index in [0.717, 1.165) is 10.9 Å². The number of aliphatic carboxylic acids is 2. The first kappa shape index (κ1) is 30.1. The quantitative estimate of drug-likeness (QED) is 0.159. The van der Waals surface area contributed by atoms with Crippen molar-refractivity contribution in [2.24, 2.45) is 5.73 Å². The van der Waals surface area contributed by atoms with Gasteiger partial charge in [0, 0.05) is 30.1 Å². The van der Waals surface area contributed by atoms with Crippen LogP contribution >= 0.6 is 0 Å². The maximum Gasteiger partial charge on any atom is 0.326 e. The zero-order chi connectivity index (χ0) is 30.4. The van der Waals surface area contributed by atoms with Crippen LogP contribution in [-0.2, 0) is 36.8 Å². The van der Waals surface area contributed by atoms with Crippen molar-refractivity contribution in [3.05, 3.63) is 65.9 Å². The van der Waals surface area contributed by atoms with Crippen LogP contribution in [0.15, 0.2) is 54.7 Å². The van der Waals surface area contributed by atoms with Gasteiger partial charge in [-0.1, -0.05) is 30.3 Å². The molecule has 222 valence electrons. The average molecular weight is 580 g/mol. The summed E-state index contributed by atoms with van der Waals surface area (Å²) in [6.07, 6.45) is 1.71. The number of hydrogen-bond acceptors (Lipinski definition) is 7. The Labute approximate surface area is 240 Å². The van der Waals surface area contributed by atoms with Gasteiger partial charge in [0.25, 0.3) is 0 Å². The Morgan fingerprint density at radius 1 is 0.952 bits per heavy atom. The minimum atomic E-state index is -1.56. The highest BCUT2D eigenvalue weighted by atomic mass is 16.4. The highest BCUT2D eigenvalue weighted by Gasteiger charge is 2.39. The molecule has 1 fully saturated rings. The van der Waals surface area contributed by atoms with Gasteiger partial charge in [0.2, 0.25) is 17.7 Å². The number of hydrogen-bond donors (Lipinski definition) is 7. The molecule has 0 spiro atoms. The van der Waals surface area contributed by atoms with E-state index in [1.807, 2.05) is 24.3 Å². The fraction of sp³-hybridized carbons (Fsp3) is 0.345. The molecule has 2 heterocycles. The predicted molar refractivity (Wildman–Crippen MR) is 150 cm³/mol. The molecule has 4 unspecified atom stereocenters. The molecule has 42 heavy (non-hydrogen) atoms. The number of phenolic OH excluding ortho intramolecular Hbond substituents is 1. The lowest BCUT2D eigenvalue weighted by Crippen LogP contribution is -2.58. The van der Waals surface area contributed by atoms with Crippen molar-refractivity contribution in [1.29, 1.82) is 0 Å². The summed E-state index contributed by atoms with van der Waals surface area (Å²) >= 11 is 0. The topological polar surface area (TPSA) is 215 Å². The summed E-state index contributed by atoms with van der Waals surface area (Å²) < 4.78 is 0. The fourth-order valence-electron chi connectivity index (χ4n) is 5.12. The van der Waals surface area contributed by atoms with Crippen molar-refractivity contribution in [1.82, 2.24) is 20.5 Å². The number of aromatic hydroxyl groups is 1. The molecule has 0 aliphatic carbocycles. The Morgan fingerprint density at radius 3 is 2.33 bits per heavy atom. The third-order valence-corrected chi connectivity index (χ3v) is 7.27. The summed E-state index contributed by atoms with van der Waals surface area (Å²) in [6.45, 7) is 0.192. The molecule has 3 amide bonds. The zero-order valence-corrected chi connectivity index (χ0v) is 22.7. The van der Waals surface area contributed by atoms with Gasteiger partial charge in [0.05, 0.1) is 12.5 Å². The van der Waals surface area contributed by atoms with Crippen LogP contribution in [0.4, 0.5) is 0 Å². The third-order valence-electron chi connectivity index (χ3n) is 7.27. The summed E-state index contributed by atoms with van der Waals surface area (Å²) in [7, 11) is 0. The second-order valence-electron chi connectivity index (χ2n) is 10.3. The van der Waals surface area contributed by atoms with Crippen LogP contribution in [0.1, 0.15) is 30.4 Å². The molecule has 1 aliphatic rings. The van der Waals surface area contributed by atoms with Crippen molar-refractivity contribution in [2.75, 3.05) is 6.54 Å². The van der Waals surface area contributed by atoms with Crippen molar-refractivity contribution in [3.63, 3.8) is 0 Å². The molecule has 4 atom stereocenters. The smallest absolute Gasteiger partial charge is 0.326 e. The van der Waals surface area contributed by atoms with Gasteiger partial charge < -0.3 is 41.6 Å². The lowest BCUT2D eigenvalue weighted by atomic mass is 10.0. The van der Waals surface area contributed by atoms with Crippen LogP contribution in [0.25, 0.3) is 10.9 Å². The fourth-order valence-corrected chi connectivity index (χ4v) is 5.12. The molecule has 2 aromatic carbocycles. The van der Waals surface area contributed by atoms with Crippen molar-refractivity contribution in [3.8, 4) is 5.75 Å². The summed E-state index contributed by atoms with van der Waals surface area (Å²) in [5.41, 5.74) is 8.13. The highest BCUT2D eigenvalue weighted by molar-refractivity contribution is 5.96. The number of likely N-dealkylation sites (tertiary alicyclic amines) is 1. The number of para-hydroxylation sites is 1. The molecule has 0 radical (unpaired) electrons. The molecule has 0 saturated carbocycles. The molecular weight excluding hydrogens is 546 g/mol. The van der Waals surface area contributed by atoms with Crippen LogP contribution in [0.5, 0.6) is 5.75 Å². The van der Waals surface area contributed by atoms with Crippen LogP contribution in [-0.4, -0.2) is 85.6 Å². The number of carbonyl (C=O) groups excluding carboxylic acids is 3. The molecule has 1 saturated heterocycles. The Morgan fingerprint density at radius 2 is 1.64 bits per heavy atom. The Bertz CT molecular complexity index is 1470. The lowest BCUT2D eigenvalue weighted by molar-refractivity contribution is -0.149. The molecule has 8 N–H and O–H groups in total. The molecular formula is C29H33N5O8. The van der Waals surface area contributed by atoms with E-state index in [1.54, 1.807) is 18.3 Å². The Balaban J connectivity index is 1.54. The van der Waals surface area contributed by atoms with E-state index >= 15 is 0 Å². The van der Waals surface area contributed by atoms with E-state index < -0.39 is 60.2 Å². The maximum atomic E-state index is 13.7. The second-order valence-corrected chi connectivity index (χ2v) is 10.3. The number of rotatable bonds is 12. The number of phenols is 1. The monoisotopic (exact) mass is 579 g/mol. The number of aromatic nitrogens is 1. The van der Waals surface area contributed by atoms with Crippen LogP contribution in [0.3, 0.4) is 0 Å². The molecule has 13 heteroatoms. The number of amides is 3. The maximum absolute atomic E-state index is 13.7. The summed E-state index contributed by atoms with van der Waals surface area (Å²) in [5.74, 6) is -4.82. The van der Waals surface area contributed by atoms with E-state index in [0.29, 0.717) is 17.5 Å². The first-order valence-corrected chi connectivity index (χ1v) is 13.5. The standard InChI is InChI=1S/C29H33N5O8/c30-20(12-16-7-9-18(35)10-8-16)26(38)32-22(14-25(36)37)27(39)33-23(28(40)34-11-3-6-24(34)29(41)42)13-17-15-31-21-5-2-1-4-19(17)21/h1-2,4-5,7-10,15,20,22-24,31,35H,3,6,11-14,30H2,(H,32,38)(H,33,39)(H,36,37)(H,41,42). The van der Waals surface area contributed by atoms with Gasteiger partial charge in [-0.3, -0.25) is 19.2 Å². The first-order valence-electron chi connectivity index (χ1n) is 13.5. The molecule has 1 aliphatic heterocycles. The van der Waals surface area contributed by atoms with Crippen LogP contribution in [0.2, 0.25) is 0 Å². The number of benzene rings is 2. The number of nitrogens with one attached hydrogen (secondary N) is 3. The number of fused-ring (bicyclic) bond motifs is 1. The number of carbonyl (C=O) groups is 5. The minimum absolute atomic E-state index is 0.00840. The van der Waals surface area contributed by atoms with E-state index in [-0.39, 0.29) is 31.6 Å². The number of nitrogens with zero attached hydrogens (tertiary/aromatic N) is 1. The number of carboxylic acid groups (broad SMARTS) is 2. The predicted octanol–water partition coefficient (Wildman–Crippen LogP) is 0.506. The largest absolute Gasteiger partial charge is 0.508 e. The normalized spacial score (nSPS) is 16.9. The Hall–Kier alpha value is -4.91. The van der Waals surface area contributed by atoms with Gasteiger partial charge in [0.15, 0.2) is 0 Å². The highest BCUT2D eigenvalue weighted by Crippen LogP contribution is 2.23. The van der Waals surface area contributed by atoms with Gasteiger partial charge in [-0.05, 0) is 48.6 Å². The third kappa shape index (κ3) is 7.23. The van der Waals surface area contributed by atoms with Crippen LogP contribution < -0.4 is 16.4 Å². The molecule has 1 aromatic heterocycles. The molecule has 4 rings (SSSR count). The SMILES string of the molecule is NC(Cc1ccc(O)cc1)C(=O)NC(CC(=O)O)C(=O)NC(Cc1c[nH]c2ccccc12)C(=O)N1CCCC1C(=O)O. The molecule has 3 aromatic rings. The van der Waals surface area contributed by atoms with Crippen LogP contribution in [0, 0.1) is 0 Å². The van der Waals surface area contributed by atoms with E-state index in [1.165, 1.54) is 17.0 Å². The van der Waals surface area contributed by atoms with E-state index in [4.69, 9.17) is 5.73 Å². The van der Waals surface area contributed by atoms with Gasteiger partial charge in [-0.2, -0.15) is 0 Å². The molecule has 0 bridgehead atoms. The van der Waals surface area contributed by atoms with E-state index in [9.17, 15) is 39.3 Å². The Kier molecular flexibility index (Phi) is 9.42. The number of nitrogens with two attached hydrogens (primary N) is 1. The lowest BCUT2D eigenvalue weighted by Gasteiger charge is -2.28. The van der Waals surface area contributed by atoms with Gasteiger partial charge in [-0.25, -0.2) is 4.79 Å². The van der Waals surface area contributed by atoms with Gasteiger partial charge in [-0.15, -0.1) is 0 Å². The van der Waals surface area contributed by atoms with Gasteiger partial charge in [0.1, 0.15) is 23.9 Å². The summed E-state index contributed by atoms with van der Waals surface area (Å²) in [5, 5.41) is 34.3. The summed E-state index contributed by atoms with van der Waals surface area (Å²) in [4.78, 5) is 67.6. The number of H-pyrrole nitrogens is 1. The second kappa shape index (κ2) is 13.2. The van der Waals surface area contributed by atoms with Gasteiger partial charge >= 0.3 is 11.9 Å². The number of carboxylic acids is 2. The summed E-state index contributed by atoms with van der Waals surface area (Å²) in [6, 6.07) is 8.36. The first-order chi connectivity index (χ1) is 20.0. The molecule has 13 nitrogen and oxygen atoms in total. The number of aromatic amines is 1. The zero-order valence-electron chi connectivity index (χ0n) is 22.7. The van der Waals surface area contributed by atoms with Crippen molar-refractivity contribution >= 4 is 40.6 Å². The van der Waals surface area contributed by atoms with E-state index in [2.05, 4.69) is 15.6 Å². The average Bonchev–Trinajstić information content (AvgIpc) is 3.61. The van der Waals surface area contributed by atoms with Crippen molar-refractivity contribution in [2.45, 2.75) is 56.3 Å².